The number of nitrogens with one attached hydrogen (secondary N) is 2. The monoisotopic (exact) mass is 504 g/mol. The molecule has 2 aromatic carbocycles. The van der Waals surface area contributed by atoms with Gasteiger partial charge in [0.1, 0.15) is 0 Å². The van der Waals surface area contributed by atoms with Crippen LogP contribution in [0.1, 0.15) is 67.9 Å². The Labute approximate surface area is 222 Å². The van der Waals surface area contributed by atoms with Crippen molar-refractivity contribution in [3.05, 3.63) is 71.8 Å². The number of amides is 2. The Bertz CT molecular complexity index is 962. The van der Waals surface area contributed by atoms with Gasteiger partial charge in [-0.2, -0.15) is 0 Å². The number of likely N-dealkylation sites (tertiary alicyclic amines) is 1. The van der Waals surface area contributed by atoms with E-state index in [1.807, 2.05) is 24.3 Å². The van der Waals surface area contributed by atoms with Crippen molar-refractivity contribution in [3.8, 4) is 0 Å². The van der Waals surface area contributed by atoms with Gasteiger partial charge in [0, 0.05) is 31.5 Å². The van der Waals surface area contributed by atoms with E-state index in [4.69, 9.17) is 5.73 Å². The molecule has 2 saturated carbocycles. The van der Waals surface area contributed by atoms with Crippen LogP contribution in [-0.2, 0) is 9.59 Å². The molecular formula is C31H44N4O2. The van der Waals surface area contributed by atoms with Crippen molar-refractivity contribution in [1.82, 2.24) is 15.5 Å². The zero-order valence-electron chi connectivity index (χ0n) is 22.1. The second-order valence-corrected chi connectivity index (χ2v) is 10.7. The van der Waals surface area contributed by atoms with Gasteiger partial charge in [0.15, 0.2) is 0 Å². The van der Waals surface area contributed by atoms with Crippen LogP contribution in [0.5, 0.6) is 0 Å². The van der Waals surface area contributed by atoms with Crippen molar-refractivity contribution in [2.24, 2.45) is 17.6 Å². The molecule has 4 atom stereocenters. The van der Waals surface area contributed by atoms with Gasteiger partial charge in [0.05, 0.1) is 0 Å². The molecule has 2 aliphatic carbocycles. The first kappa shape index (κ1) is 27.3. The highest BCUT2D eigenvalue weighted by molar-refractivity contribution is 5.83. The first-order valence-corrected chi connectivity index (χ1v) is 14.2. The van der Waals surface area contributed by atoms with Crippen LogP contribution in [0.2, 0.25) is 0 Å². The molecule has 6 heteroatoms. The average molecular weight is 505 g/mol. The summed E-state index contributed by atoms with van der Waals surface area (Å²) in [4.78, 5) is 26.4. The van der Waals surface area contributed by atoms with Gasteiger partial charge >= 0.3 is 0 Å². The summed E-state index contributed by atoms with van der Waals surface area (Å²) in [6.07, 6.45) is 7.95. The summed E-state index contributed by atoms with van der Waals surface area (Å²) in [5, 5.41) is 6.10. The third kappa shape index (κ3) is 8.68. The van der Waals surface area contributed by atoms with Crippen LogP contribution < -0.4 is 16.4 Å². The Hall–Kier alpha value is -2.70. The number of hydrogen-bond donors (Lipinski definition) is 3. The van der Waals surface area contributed by atoms with Crippen molar-refractivity contribution >= 4 is 11.8 Å². The van der Waals surface area contributed by atoms with Gasteiger partial charge < -0.3 is 21.3 Å². The summed E-state index contributed by atoms with van der Waals surface area (Å²) < 4.78 is 0. The quantitative estimate of drug-likeness (QED) is 0.403. The van der Waals surface area contributed by atoms with E-state index in [1.165, 1.54) is 43.5 Å². The van der Waals surface area contributed by atoms with Crippen LogP contribution >= 0.6 is 0 Å². The summed E-state index contributed by atoms with van der Waals surface area (Å²) in [5.41, 5.74) is 8.00. The smallest absolute Gasteiger partial charge is 0.223 e. The highest BCUT2D eigenvalue weighted by atomic mass is 16.2. The van der Waals surface area contributed by atoms with E-state index >= 15 is 0 Å². The number of piperidine rings is 1. The Kier molecular flexibility index (Phi) is 10.6. The zero-order valence-corrected chi connectivity index (χ0v) is 22.1. The zero-order chi connectivity index (χ0) is 25.9. The Morgan fingerprint density at radius 3 is 1.76 bits per heavy atom. The van der Waals surface area contributed by atoms with Crippen molar-refractivity contribution in [1.29, 1.82) is 0 Å². The maximum atomic E-state index is 12.1. The molecule has 0 bridgehead atoms. The highest BCUT2D eigenvalue weighted by Crippen LogP contribution is 2.48. The van der Waals surface area contributed by atoms with Gasteiger partial charge in [-0.05, 0) is 81.1 Å². The molecular weight excluding hydrogens is 460 g/mol. The van der Waals surface area contributed by atoms with Gasteiger partial charge in [0.2, 0.25) is 11.8 Å². The van der Waals surface area contributed by atoms with Crippen LogP contribution in [0.4, 0.5) is 0 Å². The van der Waals surface area contributed by atoms with E-state index in [9.17, 15) is 9.59 Å². The van der Waals surface area contributed by atoms with Gasteiger partial charge in [0.25, 0.3) is 0 Å². The lowest BCUT2D eigenvalue weighted by molar-refractivity contribution is -0.123. The molecule has 37 heavy (non-hydrogen) atoms. The predicted molar refractivity (Wildman–Crippen MR) is 149 cm³/mol. The molecule has 2 amide bonds. The number of carbonyl (C=O) groups is 2. The number of benzene rings is 2. The predicted octanol–water partition coefficient (Wildman–Crippen LogP) is 4.04. The molecule has 2 aromatic rings. The maximum absolute atomic E-state index is 12.1. The molecule has 0 aromatic heterocycles. The molecule has 6 nitrogen and oxygen atoms in total. The third-order valence-electron chi connectivity index (χ3n) is 7.82. The molecule has 0 spiro atoms. The topological polar surface area (TPSA) is 87.5 Å². The Morgan fingerprint density at radius 1 is 0.730 bits per heavy atom. The maximum Gasteiger partial charge on any atom is 0.223 e. The summed E-state index contributed by atoms with van der Waals surface area (Å²) in [6.45, 7) is 5.67. The third-order valence-corrected chi connectivity index (χ3v) is 7.82. The van der Waals surface area contributed by atoms with Crippen LogP contribution in [0.3, 0.4) is 0 Å². The van der Waals surface area contributed by atoms with E-state index in [0.29, 0.717) is 18.4 Å². The van der Waals surface area contributed by atoms with E-state index < -0.39 is 0 Å². The molecule has 1 aliphatic heterocycles. The number of nitrogens with zero attached hydrogens (tertiary/aromatic N) is 1. The minimum Gasteiger partial charge on any atom is -0.356 e. The number of nitrogens with two attached hydrogens (primary N) is 1. The molecule has 200 valence electrons. The Morgan fingerprint density at radius 2 is 1.24 bits per heavy atom. The first-order chi connectivity index (χ1) is 18.2. The second-order valence-electron chi connectivity index (χ2n) is 10.7. The molecule has 3 fully saturated rings. The van der Waals surface area contributed by atoms with E-state index in [0.717, 1.165) is 45.3 Å². The van der Waals surface area contributed by atoms with E-state index in [-0.39, 0.29) is 23.7 Å². The minimum atomic E-state index is 0.190. The van der Waals surface area contributed by atoms with Gasteiger partial charge in [-0.3, -0.25) is 9.59 Å². The minimum absolute atomic E-state index is 0.190. The fourth-order valence-corrected chi connectivity index (χ4v) is 5.37. The Balaban J connectivity index is 0.000000176. The van der Waals surface area contributed by atoms with Gasteiger partial charge in [-0.1, -0.05) is 67.1 Å². The summed E-state index contributed by atoms with van der Waals surface area (Å²) in [6, 6.07) is 20.7. The lowest BCUT2D eigenvalue weighted by Crippen LogP contribution is -2.38. The van der Waals surface area contributed by atoms with Crippen molar-refractivity contribution in [3.63, 3.8) is 0 Å². The molecule has 1 saturated heterocycles. The molecule has 3 aliphatic rings. The number of carbonyl (C=O) groups excluding carboxylic acids is 2. The van der Waals surface area contributed by atoms with Crippen molar-refractivity contribution in [2.45, 2.75) is 56.8 Å². The normalized spacial score (nSPS) is 24.4. The van der Waals surface area contributed by atoms with E-state index in [1.54, 1.807) is 0 Å². The number of hydrogen-bond acceptors (Lipinski definition) is 4. The van der Waals surface area contributed by atoms with Crippen LogP contribution in [-0.4, -0.2) is 56.0 Å². The molecule has 2 unspecified atom stereocenters. The van der Waals surface area contributed by atoms with Gasteiger partial charge in [-0.25, -0.2) is 0 Å². The van der Waals surface area contributed by atoms with Crippen LogP contribution in [0, 0.1) is 11.8 Å². The molecule has 1 heterocycles. The molecule has 4 N–H and O–H groups in total. The SMILES string of the molecule is NCCCCNC(=O)C1CC1c1ccccc1.O=C(NCCN1CCCCC1)[C@@H]1C[C@H]1c1ccccc1. The fourth-order valence-electron chi connectivity index (χ4n) is 5.37. The second kappa shape index (κ2) is 14.3. The van der Waals surface area contributed by atoms with Crippen molar-refractivity contribution in [2.75, 3.05) is 39.3 Å². The van der Waals surface area contributed by atoms with Gasteiger partial charge in [-0.15, -0.1) is 0 Å². The lowest BCUT2D eigenvalue weighted by atomic mass is 10.1. The molecule has 0 radical (unpaired) electrons. The van der Waals surface area contributed by atoms with Crippen LogP contribution in [0.15, 0.2) is 60.7 Å². The lowest BCUT2D eigenvalue weighted by Gasteiger charge is -2.26. The standard InChI is InChI=1S/C17H24N2O.C14H20N2O/c20-17(18-9-12-19-10-5-2-6-11-19)16-13-15(16)14-7-3-1-4-8-14;15-8-4-5-9-16-14(17)13-10-12(13)11-6-2-1-3-7-11/h1,3-4,7-8,15-16H,2,5-6,9-13H2,(H,18,20);1-3,6-7,12-13H,4-5,8-10,15H2,(H,16,17)/t15-,16+;/m0./s1. The fraction of sp³-hybridized carbons (Fsp3) is 0.548. The number of rotatable bonds is 11. The average Bonchev–Trinajstić information content (AvgIpc) is 3.87. The summed E-state index contributed by atoms with van der Waals surface area (Å²) in [7, 11) is 0. The first-order valence-electron chi connectivity index (χ1n) is 14.2. The highest BCUT2D eigenvalue weighted by Gasteiger charge is 2.44. The summed E-state index contributed by atoms with van der Waals surface area (Å²) in [5.74, 6) is 1.73. The molecule has 5 rings (SSSR count). The van der Waals surface area contributed by atoms with E-state index in [2.05, 4.69) is 51.9 Å². The largest absolute Gasteiger partial charge is 0.356 e. The number of unbranched alkanes of at least 4 members (excludes halogenated alkanes) is 1. The van der Waals surface area contributed by atoms with Crippen LogP contribution in [0.25, 0.3) is 0 Å². The van der Waals surface area contributed by atoms with Crippen molar-refractivity contribution < 1.29 is 9.59 Å². The summed E-state index contributed by atoms with van der Waals surface area (Å²) >= 11 is 0.